The second kappa shape index (κ2) is 5.25. The van der Waals surface area contributed by atoms with Gasteiger partial charge in [-0.15, -0.1) is 0 Å². The topological polar surface area (TPSA) is 63.1 Å². The molecule has 0 spiro atoms. The zero-order chi connectivity index (χ0) is 15.7. The van der Waals surface area contributed by atoms with Gasteiger partial charge in [0, 0.05) is 0 Å². The van der Waals surface area contributed by atoms with Gasteiger partial charge in [-0.05, 0) is 6.42 Å². The fourth-order valence-electron chi connectivity index (χ4n) is 1.48. The van der Waals surface area contributed by atoms with Gasteiger partial charge in [-0.3, -0.25) is 0 Å². The van der Waals surface area contributed by atoms with Crippen molar-refractivity contribution in [2.75, 3.05) is 0 Å². The third kappa shape index (κ3) is 3.36. The Morgan fingerprint density at radius 2 is 1.65 bits per heavy atom. The quantitative estimate of drug-likeness (QED) is 0.871. The highest BCUT2D eigenvalue weighted by molar-refractivity contribution is 5.90. The lowest BCUT2D eigenvalue weighted by atomic mass is 10.1. The summed E-state index contributed by atoms with van der Waals surface area (Å²) in [6, 6.07) is 0. The van der Waals surface area contributed by atoms with E-state index < -0.39 is 41.1 Å². The Hall–Kier alpha value is -1.87. The summed E-state index contributed by atoms with van der Waals surface area (Å²) in [6.07, 6.45) is -10.7. The number of carboxylic acids is 1. The summed E-state index contributed by atoms with van der Waals surface area (Å²) < 4.78 is 75.4. The number of nitrogens with zero attached hydrogens (tertiary/aromatic N) is 2. The van der Waals surface area contributed by atoms with Crippen LogP contribution in [0.1, 0.15) is 40.9 Å². The first-order chi connectivity index (χ1) is 8.98. The number of aryl methyl sites for hydroxylation is 1. The van der Waals surface area contributed by atoms with E-state index in [9.17, 15) is 31.1 Å². The van der Waals surface area contributed by atoms with Crippen molar-refractivity contribution in [2.45, 2.75) is 32.1 Å². The molecular weight excluding hydrogens is 294 g/mol. The molecule has 0 bridgehead atoms. The molecule has 1 aromatic rings. The first-order valence-electron chi connectivity index (χ1n) is 5.27. The summed E-state index contributed by atoms with van der Waals surface area (Å²) in [4.78, 5) is 16.1. The van der Waals surface area contributed by atoms with Gasteiger partial charge in [-0.2, -0.15) is 26.3 Å². The molecular formula is C10H8F6N2O2. The molecule has 0 saturated heterocycles. The van der Waals surface area contributed by atoms with E-state index in [1.54, 1.807) is 0 Å². The number of hydrogen-bond acceptors (Lipinski definition) is 3. The van der Waals surface area contributed by atoms with Crippen molar-refractivity contribution in [1.29, 1.82) is 0 Å². The van der Waals surface area contributed by atoms with Gasteiger partial charge < -0.3 is 5.11 Å². The van der Waals surface area contributed by atoms with Crippen LogP contribution >= 0.6 is 0 Å². The molecule has 0 aliphatic heterocycles. The van der Waals surface area contributed by atoms with Crippen LogP contribution in [0.3, 0.4) is 0 Å². The van der Waals surface area contributed by atoms with E-state index in [0.29, 0.717) is 0 Å². The number of carboxylic acid groups (broad SMARTS) is 1. The van der Waals surface area contributed by atoms with E-state index in [1.165, 1.54) is 6.92 Å². The number of alkyl halides is 6. The van der Waals surface area contributed by atoms with Crippen molar-refractivity contribution in [3.8, 4) is 0 Å². The number of aromatic carboxylic acids is 1. The van der Waals surface area contributed by atoms with Crippen molar-refractivity contribution < 1.29 is 36.2 Å². The van der Waals surface area contributed by atoms with Crippen molar-refractivity contribution >= 4 is 5.97 Å². The second-order valence-corrected chi connectivity index (χ2v) is 3.77. The number of hydrogen-bond donors (Lipinski definition) is 1. The molecule has 0 unspecified atom stereocenters. The second-order valence-electron chi connectivity index (χ2n) is 3.77. The van der Waals surface area contributed by atoms with Crippen LogP contribution in [0.2, 0.25) is 0 Å². The van der Waals surface area contributed by atoms with Gasteiger partial charge in [0.25, 0.3) is 0 Å². The first kappa shape index (κ1) is 16.2. The Morgan fingerprint density at radius 3 is 2.00 bits per heavy atom. The van der Waals surface area contributed by atoms with Crippen LogP contribution in [0.15, 0.2) is 0 Å². The summed E-state index contributed by atoms with van der Waals surface area (Å²) in [7, 11) is 0. The summed E-state index contributed by atoms with van der Waals surface area (Å²) >= 11 is 0. The number of rotatable bonds is 3. The molecule has 0 saturated carbocycles. The molecule has 0 amide bonds. The Balaban J connectivity index is 3.69. The van der Waals surface area contributed by atoms with Crippen molar-refractivity contribution in [3.05, 3.63) is 22.8 Å². The maximum atomic E-state index is 12.7. The molecule has 1 heterocycles. The summed E-state index contributed by atoms with van der Waals surface area (Å²) in [5, 5.41) is 8.77. The summed E-state index contributed by atoms with van der Waals surface area (Å²) in [5.41, 5.74) is -4.21. The number of aromatic nitrogens is 2. The molecule has 1 aromatic heterocycles. The Bertz CT molecular complexity index is 524. The molecule has 1 rings (SSSR count). The third-order valence-electron chi connectivity index (χ3n) is 2.21. The highest BCUT2D eigenvalue weighted by Crippen LogP contribution is 2.35. The van der Waals surface area contributed by atoms with E-state index in [-0.39, 0.29) is 12.8 Å². The van der Waals surface area contributed by atoms with Crippen molar-refractivity contribution in [3.63, 3.8) is 0 Å². The predicted molar refractivity (Wildman–Crippen MR) is 53.0 cm³/mol. The maximum Gasteiger partial charge on any atom is 0.451 e. The van der Waals surface area contributed by atoms with Gasteiger partial charge >= 0.3 is 18.3 Å². The molecule has 10 heteroatoms. The van der Waals surface area contributed by atoms with E-state index in [0.717, 1.165) is 0 Å². The zero-order valence-electron chi connectivity index (χ0n) is 9.93. The minimum absolute atomic E-state index is 0.131. The van der Waals surface area contributed by atoms with Gasteiger partial charge in [-0.25, -0.2) is 14.8 Å². The summed E-state index contributed by atoms with van der Waals surface area (Å²) in [5.74, 6) is -4.02. The number of carbonyl (C=O) groups is 1. The lowest BCUT2D eigenvalue weighted by molar-refractivity contribution is -0.153. The fraction of sp³-hybridized carbons (Fsp3) is 0.500. The fourth-order valence-corrected chi connectivity index (χ4v) is 1.48. The lowest BCUT2D eigenvalue weighted by Crippen LogP contribution is -2.24. The number of halogens is 6. The van der Waals surface area contributed by atoms with Crippen LogP contribution < -0.4 is 0 Å². The standard InChI is InChI=1S/C10H8F6N2O2/c1-2-3-4-5(7(19)20)6(9(11,12)13)18-8(17-4)10(14,15)16/h2-3H2,1H3,(H,19,20). The van der Waals surface area contributed by atoms with Crippen LogP contribution in [0.5, 0.6) is 0 Å². The van der Waals surface area contributed by atoms with Crippen LogP contribution in [0.4, 0.5) is 26.3 Å². The molecule has 0 atom stereocenters. The maximum absolute atomic E-state index is 12.7. The largest absolute Gasteiger partial charge is 0.478 e. The molecule has 0 radical (unpaired) electrons. The van der Waals surface area contributed by atoms with Crippen LogP contribution in [0, 0.1) is 0 Å². The Morgan fingerprint density at radius 1 is 1.10 bits per heavy atom. The monoisotopic (exact) mass is 302 g/mol. The average Bonchev–Trinajstić information content (AvgIpc) is 2.25. The minimum atomic E-state index is -5.32. The van der Waals surface area contributed by atoms with Crippen LogP contribution in [-0.2, 0) is 18.8 Å². The Kier molecular flexibility index (Phi) is 4.25. The average molecular weight is 302 g/mol. The van der Waals surface area contributed by atoms with Gasteiger partial charge in [0.15, 0.2) is 5.69 Å². The lowest BCUT2D eigenvalue weighted by Gasteiger charge is -2.15. The van der Waals surface area contributed by atoms with Crippen molar-refractivity contribution in [2.24, 2.45) is 0 Å². The van der Waals surface area contributed by atoms with Crippen LogP contribution in [0.25, 0.3) is 0 Å². The van der Waals surface area contributed by atoms with Gasteiger partial charge in [0.2, 0.25) is 5.82 Å². The molecule has 20 heavy (non-hydrogen) atoms. The van der Waals surface area contributed by atoms with E-state index in [1.807, 2.05) is 0 Å². The highest BCUT2D eigenvalue weighted by atomic mass is 19.4. The van der Waals surface area contributed by atoms with Gasteiger partial charge in [-0.1, -0.05) is 13.3 Å². The predicted octanol–water partition coefficient (Wildman–Crippen LogP) is 3.16. The van der Waals surface area contributed by atoms with E-state index in [2.05, 4.69) is 9.97 Å². The molecule has 112 valence electrons. The zero-order valence-corrected chi connectivity index (χ0v) is 9.93. The summed E-state index contributed by atoms with van der Waals surface area (Å²) in [6.45, 7) is 1.47. The SMILES string of the molecule is CCCc1nc(C(F)(F)F)nc(C(F)(F)F)c1C(=O)O. The van der Waals surface area contributed by atoms with Crippen LogP contribution in [-0.4, -0.2) is 21.0 Å². The van der Waals surface area contributed by atoms with Gasteiger partial charge in [0.05, 0.1) is 5.69 Å². The van der Waals surface area contributed by atoms with Crippen molar-refractivity contribution in [1.82, 2.24) is 9.97 Å². The smallest absolute Gasteiger partial charge is 0.451 e. The minimum Gasteiger partial charge on any atom is -0.478 e. The van der Waals surface area contributed by atoms with E-state index >= 15 is 0 Å². The normalized spacial score (nSPS) is 12.6. The Labute approximate surface area is 108 Å². The molecule has 0 aliphatic carbocycles. The van der Waals surface area contributed by atoms with Gasteiger partial charge in [0.1, 0.15) is 5.56 Å². The molecule has 0 fully saturated rings. The highest BCUT2D eigenvalue weighted by Gasteiger charge is 2.44. The first-order valence-corrected chi connectivity index (χ1v) is 5.27. The third-order valence-corrected chi connectivity index (χ3v) is 2.21. The molecule has 0 aliphatic rings. The molecule has 4 nitrogen and oxygen atoms in total. The molecule has 0 aromatic carbocycles. The van der Waals surface area contributed by atoms with E-state index in [4.69, 9.17) is 5.11 Å². The molecule has 1 N–H and O–H groups in total.